The molecule has 0 unspecified atom stereocenters. The number of nitrogens with one attached hydrogen (secondary N) is 3. The van der Waals surface area contributed by atoms with Crippen LogP contribution < -0.4 is 16.2 Å². The van der Waals surface area contributed by atoms with Gasteiger partial charge in [-0.1, -0.05) is 29.8 Å². The minimum atomic E-state index is -0.576. The van der Waals surface area contributed by atoms with Crippen LogP contribution in [0.15, 0.2) is 54.6 Å². The summed E-state index contributed by atoms with van der Waals surface area (Å²) in [6.45, 7) is 0. The number of halogens is 1. The van der Waals surface area contributed by atoms with Crippen LogP contribution in [-0.2, 0) is 4.79 Å². The Labute approximate surface area is 164 Å². The van der Waals surface area contributed by atoms with Gasteiger partial charge in [0, 0.05) is 28.8 Å². The first-order valence-corrected chi connectivity index (χ1v) is 8.24. The van der Waals surface area contributed by atoms with E-state index in [9.17, 15) is 19.7 Å². The van der Waals surface area contributed by atoms with Crippen LogP contribution >= 0.6 is 23.8 Å². The van der Waals surface area contributed by atoms with E-state index in [1.807, 2.05) is 0 Å². The van der Waals surface area contributed by atoms with Gasteiger partial charge in [0.1, 0.15) is 0 Å². The van der Waals surface area contributed by atoms with Gasteiger partial charge in [0.25, 0.3) is 11.6 Å². The van der Waals surface area contributed by atoms with Crippen molar-refractivity contribution in [3.63, 3.8) is 0 Å². The summed E-state index contributed by atoms with van der Waals surface area (Å²) in [6.07, 6.45) is 2.77. The Hall–Kier alpha value is -3.30. The third kappa shape index (κ3) is 6.17. The van der Waals surface area contributed by atoms with Crippen molar-refractivity contribution in [1.29, 1.82) is 0 Å². The number of non-ortho nitro benzene ring substituents is 1. The number of carbonyl (C=O) groups excluding carboxylic acids is 2. The lowest BCUT2D eigenvalue weighted by atomic mass is 10.2. The van der Waals surface area contributed by atoms with Crippen LogP contribution in [0.25, 0.3) is 6.08 Å². The van der Waals surface area contributed by atoms with Crippen LogP contribution in [0.3, 0.4) is 0 Å². The number of hydrogen-bond donors (Lipinski definition) is 3. The summed E-state index contributed by atoms with van der Waals surface area (Å²) in [7, 11) is 0. The zero-order valence-corrected chi connectivity index (χ0v) is 15.2. The average Bonchev–Trinajstić information content (AvgIpc) is 2.65. The third-order valence-electron chi connectivity index (χ3n) is 3.19. The largest absolute Gasteiger partial charge is 0.298 e. The number of amides is 2. The summed E-state index contributed by atoms with van der Waals surface area (Å²) in [5.74, 6) is -1.09. The standard InChI is InChI=1S/C17H13ClN4O4S/c18-14-4-2-1-3-11(14)7-10-15(23)19-17(27)21-20-16(24)12-5-8-13(9-6-12)22(25)26/h1-10H,(H,20,24)(H2,19,21,23,27)/b10-7+. The molecule has 0 bridgehead atoms. The highest BCUT2D eigenvalue weighted by molar-refractivity contribution is 7.80. The SMILES string of the molecule is O=C(/C=C/c1ccccc1Cl)NC(=S)NNC(=O)c1ccc([N+](=O)[O-])cc1. The molecule has 0 radical (unpaired) electrons. The zero-order valence-electron chi connectivity index (χ0n) is 13.6. The molecule has 8 nitrogen and oxygen atoms in total. The molecule has 27 heavy (non-hydrogen) atoms. The van der Waals surface area contributed by atoms with Gasteiger partial charge in [-0.05, 0) is 42.1 Å². The molecule has 3 N–H and O–H groups in total. The monoisotopic (exact) mass is 404 g/mol. The van der Waals surface area contributed by atoms with Crippen LogP contribution in [0.1, 0.15) is 15.9 Å². The summed E-state index contributed by atoms with van der Waals surface area (Å²) >= 11 is 10.9. The van der Waals surface area contributed by atoms with Crippen molar-refractivity contribution in [3.05, 3.63) is 80.9 Å². The molecule has 138 valence electrons. The topological polar surface area (TPSA) is 113 Å². The molecule has 0 aliphatic carbocycles. The first kappa shape index (κ1) is 20.0. The number of carbonyl (C=O) groups is 2. The van der Waals surface area contributed by atoms with E-state index in [0.717, 1.165) is 0 Å². The van der Waals surface area contributed by atoms with Crippen molar-refractivity contribution in [1.82, 2.24) is 16.2 Å². The van der Waals surface area contributed by atoms with Crippen molar-refractivity contribution < 1.29 is 14.5 Å². The molecule has 0 saturated carbocycles. The lowest BCUT2D eigenvalue weighted by molar-refractivity contribution is -0.384. The molecule has 0 spiro atoms. The van der Waals surface area contributed by atoms with Gasteiger partial charge in [-0.15, -0.1) is 0 Å². The average molecular weight is 405 g/mol. The predicted molar refractivity (Wildman–Crippen MR) is 105 cm³/mol. The fourth-order valence-electron chi connectivity index (χ4n) is 1.88. The first-order valence-electron chi connectivity index (χ1n) is 7.45. The zero-order chi connectivity index (χ0) is 19.8. The fraction of sp³-hybridized carbons (Fsp3) is 0. The molecule has 0 heterocycles. The summed E-state index contributed by atoms with van der Waals surface area (Å²) in [4.78, 5) is 33.7. The van der Waals surface area contributed by atoms with Crippen molar-refractivity contribution in [2.45, 2.75) is 0 Å². The second-order valence-corrected chi connectivity index (χ2v) is 5.87. The fourth-order valence-corrected chi connectivity index (χ4v) is 2.23. The lowest BCUT2D eigenvalue weighted by Gasteiger charge is -2.09. The van der Waals surface area contributed by atoms with Crippen LogP contribution in [0.4, 0.5) is 5.69 Å². The summed E-state index contributed by atoms with van der Waals surface area (Å²) in [5, 5.41) is 13.3. The molecule has 2 aromatic carbocycles. The number of hydrazine groups is 1. The van der Waals surface area contributed by atoms with Gasteiger partial charge in [0.2, 0.25) is 5.91 Å². The van der Waals surface area contributed by atoms with Gasteiger partial charge in [-0.3, -0.25) is 35.9 Å². The summed E-state index contributed by atoms with van der Waals surface area (Å²) in [6, 6.07) is 12.0. The smallest absolute Gasteiger partial charge is 0.269 e. The van der Waals surface area contributed by atoms with E-state index >= 15 is 0 Å². The molecule has 0 aliphatic heterocycles. The van der Waals surface area contributed by atoms with Gasteiger partial charge in [-0.2, -0.15) is 0 Å². The summed E-state index contributed by atoms with van der Waals surface area (Å²) < 4.78 is 0. The molecule has 0 atom stereocenters. The first-order chi connectivity index (χ1) is 12.9. The van der Waals surface area contributed by atoms with Gasteiger partial charge in [0.05, 0.1) is 4.92 Å². The van der Waals surface area contributed by atoms with Gasteiger partial charge in [-0.25, -0.2) is 0 Å². The molecular weight excluding hydrogens is 392 g/mol. The molecule has 0 saturated heterocycles. The molecule has 2 aromatic rings. The molecule has 2 amide bonds. The lowest BCUT2D eigenvalue weighted by Crippen LogP contribution is -2.48. The van der Waals surface area contributed by atoms with E-state index in [0.29, 0.717) is 10.6 Å². The maximum absolute atomic E-state index is 11.9. The van der Waals surface area contributed by atoms with Crippen LogP contribution in [0.2, 0.25) is 5.02 Å². The Kier molecular flexibility index (Phi) is 6.98. The van der Waals surface area contributed by atoms with Crippen LogP contribution in [0.5, 0.6) is 0 Å². The number of benzene rings is 2. The predicted octanol–water partition coefficient (Wildman–Crippen LogP) is 2.60. The number of hydrogen-bond acceptors (Lipinski definition) is 5. The minimum absolute atomic E-state index is 0.126. The maximum atomic E-state index is 11.9. The van der Waals surface area contributed by atoms with Gasteiger partial charge >= 0.3 is 0 Å². The summed E-state index contributed by atoms with van der Waals surface area (Å²) in [5.41, 5.74) is 5.36. The van der Waals surface area contributed by atoms with Crippen molar-refractivity contribution in [2.24, 2.45) is 0 Å². The minimum Gasteiger partial charge on any atom is -0.298 e. The number of nitro benzene ring substituents is 1. The second-order valence-electron chi connectivity index (χ2n) is 5.06. The molecule has 0 aromatic heterocycles. The highest BCUT2D eigenvalue weighted by Crippen LogP contribution is 2.16. The molecule has 0 fully saturated rings. The highest BCUT2D eigenvalue weighted by Gasteiger charge is 2.10. The number of thiocarbonyl (C=S) groups is 1. The Balaban J connectivity index is 1.83. The second kappa shape index (κ2) is 9.41. The van der Waals surface area contributed by atoms with E-state index < -0.39 is 16.7 Å². The Morgan fingerprint density at radius 3 is 2.37 bits per heavy atom. The van der Waals surface area contributed by atoms with E-state index in [4.69, 9.17) is 23.8 Å². The van der Waals surface area contributed by atoms with Crippen LogP contribution in [0, 0.1) is 10.1 Å². The highest BCUT2D eigenvalue weighted by atomic mass is 35.5. The normalized spacial score (nSPS) is 10.3. The van der Waals surface area contributed by atoms with E-state index in [1.54, 1.807) is 24.3 Å². The Morgan fingerprint density at radius 2 is 1.74 bits per heavy atom. The Morgan fingerprint density at radius 1 is 1.07 bits per heavy atom. The maximum Gasteiger partial charge on any atom is 0.269 e. The molecule has 10 heteroatoms. The quantitative estimate of drug-likeness (QED) is 0.312. The Bertz CT molecular complexity index is 915. The third-order valence-corrected chi connectivity index (χ3v) is 3.73. The van der Waals surface area contributed by atoms with E-state index in [2.05, 4.69) is 16.2 Å². The molecule has 2 rings (SSSR count). The van der Waals surface area contributed by atoms with Gasteiger partial charge < -0.3 is 0 Å². The van der Waals surface area contributed by atoms with Crippen molar-refractivity contribution >= 4 is 52.5 Å². The number of nitro groups is 1. The molecular formula is C17H13ClN4O4S. The van der Waals surface area contributed by atoms with E-state index in [-0.39, 0.29) is 16.4 Å². The molecule has 0 aliphatic rings. The number of rotatable bonds is 4. The van der Waals surface area contributed by atoms with E-state index in [1.165, 1.54) is 36.4 Å². The van der Waals surface area contributed by atoms with Crippen LogP contribution in [-0.4, -0.2) is 21.9 Å². The van der Waals surface area contributed by atoms with Gasteiger partial charge in [0.15, 0.2) is 5.11 Å². The van der Waals surface area contributed by atoms with Crippen molar-refractivity contribution in [3.8, 4) is 0 Å². The number of nitrogens with zero attached hydrogens (tertiary/aromatic N) is 1. The van der Waals surface area contributed by atoms with Crippen molar-refractivity contribution in [2.75, 3.05) is 0 Å².